The van der Waals surface area contributed by atoms with Crippen molar-refractivity contribution in [3.63, 3.8) is 0 Å². The van der Waals surface area contributed by atoms with Crippen molar-refractivity contribution >= 4 is 6.29 Å². The molecule has 1 heterocycles. The van der Waals surface area contributed by atoms with Crippen molar-refractivity contribution in [2.45, 2.75) is 19.1 Å². The summed E-state index contributed by atoms with van der Waals surface area (Å²) < 4.78 is 62.2. The van der Waals surface area contributed by atoms with Crippen molar-refractivity contribution in [1.29, 1.82) is 0 Å². The highest BCUT2D eigenvalue weighted by Crippen LogP contribution is 2.34. The Balaban J connectivity index is 3.54. The summed E-state index contributed by atoms with van der Waals surface area (Å²) in [7, 11) is 0. The SMILES string of the molecule is NCc1c(C(F)F)cnc(C(F)(F)F)c1C=O. The van der Waals surface area contributed by atoms with Gasteiger partial charge in [-0.3, -0.25) is 9.78 Å². The molecule has 94 valence electrons. The number of hydrogen-bond acceptors (Lipinski definition) is 3. The Hall–Kier alpha value is -1.57. The summed E-state index contributed by atoms with van der Waals surface area (Å²) in [5.74, 6) is 0. The van der Waals surface area contributed by atoms with Crippen LogP contribution in [0.4, 0.5) is 22.0 Å². The van der Waals surface area contributed by atoms with Crippen LogP contribution in [0.3, 0.4) is 0 Å². The van der Waals surface area contributed by atoms with Crippen molar-refractivity contribution < 1.29 is 26.7 Å². The largest absolute Gasteiger partial charge is 0.434 e. The lowest BCUT2D eigenvalue weighted by molar-refractivity contribution is -0.141. The average molecular weight is 254 g/mol. The summed E-state index contributed by atoms with van der Waals surface area (Å²) >= 11 is 0. The molecule has 0 radical (unpaired) electrons. The highest BCUT2D eigenvalue weighted by molar-refractivity contribution is 5.80. The van der Waals surface area contributed by atoms with E-state index in [1.54, 1.807) is 0 Å². The topological polar surface area (TPSA) is 56.0 Å². The smallest absolute Gasteiger partial charge is 0.326 e. The molecule has 0 amide bonds. The third-order valence-corrected chi connectivity index (χ3v) is 2.09. The molecule has 0 atom stereocenters. The van der Waals surface area contributed by atoms with Gasteiger partial charge < -0.3 is 5.73 Å². The number of aromatic nitrogens is 1. The van der Waals surface area contributed by atoms with Crippen molar-refractivity contribution in [3.05, 3.63) is 28.6 Å². The van der Waals surface area contributed by atoms with Crippen LogP contribution in [-0.4, -0.2) is 11.3 Å². The van der Waals surface area contributed by atoms with Crippen LogP contribution in [0.1, 0.15) is 33.6 Å². The minimum absolute atomic E-state index is 0.163. The van der Waals surface area contributed by atoms with Crippen LogP contribution < -0.4 is 5.73 Å². The van der Waals surface area contributed by atoms with Crippen LogP contribution >= 0.6 is 0 Å². The molecule has 1 aromatic heterocycles. The van der Waals surface area contributed by atoms with Gasteiger partial charge in [0.1, 0.15) is 0 Å². The summed E-state index contributed by atoms with van der Waals surface area (Å²) in [6, 6.07) is 0. The summed E-state index contributed by atoms with van der Waals surface area (Å²) in [6.07, 6.45) is -7.70. The first-order valence-corrected chi connectivity index (χ1v) is 4.35. The fraction of sp³-hybridized carbons (Fsp3) is 0.333. The number of aldehydes is 1. The van der Waals surface area contributed by atoms with E-state index in [2.05, 4.69) is 4.98 Å². The molecule has 0 aliphatic rings. The van der Waals surface area contributed by atoms with Gasteiger partial charge in [-0.15, -0.1) is 0 Å². The Morgan fingerprint density at radius 3 is 2.35 bits per heavy atom. The molecule has 3 nitrogen and oxygen atoms in total. The van der Waals surface area contributed by atoms with Gasteiger partial charge in [0.15, 0.2) is 12.0 Å². The van der Waals surface area contributed by atoms with Gasteiger partial charge in [-0.1, -0.05) is 0 Å². The summed E-state index contributed by atoms with van der Waals surface area (Å²) in [5, 5.41) is 0. The first-order chi connectivity index (χ1) is 7.82. The second-order valence-electron chi connectivity index (χ2n) is 3.07. The molecule has 0 saturated heterocycles. The van der Waals surface area contributed by atoms with Gasteiger partial charge in [0, 0.05) is 18.3 Å². The third-order valence-electron chi connectivity index (χ3n) is 2.09. The number of hydrogen-bond donors (Lipinski definition) is 1. The minimum atomic E-state index is -4.89. The lowest BCUT2D eigenvalue weighted by atomic mass is 10.0. The highest BCUT2D eigenvalue weighted by Gasteiger charge is 2.37. The van der Waals surface area contributed by atoms with Gasteiger partial charge in [-0.05, 0) is 5.56 Å². The minimum Gasteiger partial charge on any atom is -0.326 e. The molecule has 0 spiro atoms. The Morgan fingerprint density at radius 2 is 2.00 bits per heavy atom. The van der Waals surface area contributed by atoms with E-state index in [0.29, 0.717) is 6.20 Å². The number of carbonyl (C=O) groups is 1. The van der Waals surface area contributed by atoms with Gasteiger partial charge in [0.25, 0.3) is 6.43 Å². The number of nitrogens with zero attached hydrogens (tertiary/aromatic N) is 1. The maximum absolute atomic E-state index is 12.5. The molecule has 8 heteroatoms. The standard InChI is InChI=1S/C9H7F5N2O/c10-8(11)5-2-16-7(9(12,13)14)6(3-17)4(5)1-15/h2-3,8H,1,15H2. The molecule has 0 aliphatic heterocycles. The molecular weight excluding hydrogens is 247 g/mol. The summed E-state index contributed by atoms with van der Waals surface area (Å²) in [5.41, 5.74) is 1.36. The van der Waals surface area contributed by atoms with Gasteiger partial charge in [0.2, 0.25) is 0 Å². The van der Waals surface area contributed by atoms with E-state index in [9.17, 15) is 26.7 Å². The van der Waals surface area contributed by atoms with E-state index in [0.717, 1.165) is 0 Å². The van der Waals surface area contributed by atoms with E-state index in [1.807, 2.05) is 0 Å². The van der Waals surface area contributed by atoms with Gasteiger partial charge in [-0.25, -0.2) is 8.78 Å². The second kappa shape index (κ2) is 4.74. The van der Waals surface area contributed by atoms with Crippen LogP contribution in [0.2, 0.25) is 0 Å². The number of carbonyl (C=O) groups excluding carboxylic acids is 1. The molecule has 0 saturated carbocycles. The Bertz CT molecular complexity index is 430. The molecule has 1 rings (SSSR count). The van der Waals surface area contributed by atoms with Crippen LogP contribution in [0, 0.1) is 0 Å². The summed E-state index contributed by atoms with van der Waals surface area (Å²) in [6.45, 7) is -0.598. The predicted octanol–water partition coefficient (Wildman–Crippen LogP) is 2.31. The monoisotopic (exact) mass is 254 g/mol. The average Bonchev–Trinajstić information content (AvgIpc) is 2.25. The predicted molar refractivity (Wildman–Crippen MR) is 47.5 cm³/mol. The van der Waals surface area contributed by atoms with Crippen molar-refractivity contribution in [1.82, 2.24) is 4.98 Å². The van der Waals surface area contributed by atoms with Gasteiger partial charge in [-0.2, -0.15) is 13.2 Å². The first kappa shape index (κ1) is 13.5. The Morgan fingerprint density at radius 1 is 1.41 bits per heavy atom. The van der Waals surface area contributed by atoms with Crippen LogP contribution in [0.25, 0.3) is 0 Å². The maximum atomic E-state index is 12.5. The summed E-state index contributed by atoms with van der Waals surface area (Å²) in [4.78, 5) is 13.4. The fourth-order valence-corrected chi connectivity index (χ4v) is 1.35. The third kappa shape index (κ3) is 2.57. The van der Waals surface area contributed by atoms with E-state index in [4.69, 9.17) is 5.73 Å². The van der Waals surface area contributed by atoms with Crippen LogP contribution in [0.5, 0.6) is 0 Å². The maximum Gasteiger partial charge on any atom is 0.434 e. The quantitative estimate of drug-likeness (QED) is 0.665. The zero-order chi connectivity index (χ0) is 13.2. The lowest BCUT2D eigenvalue weighted by Crippen LogP contribution is -2.17. The number of halogens is 5. The number of nitrogens with two attached hydrogens (primary N) is 1. The first-order valence-electron chi connectivity index (χ1n) is 4.35. The van der Waals surface area contributed by atoms with E-state index < -0.39 is 41.5 Å². The number of alkyl halides is 5. The molecule has 0 bridgehead atoms. The molecule has 17 heavy (non-hydrogen) atoms. The fourth-order valence-electron chi connectivity index (χ4n) is 1.35. The zero-order valence-corrected chi connectivity index (χ0v) is 8.26. The van der Waals surface area contributed by atoms with Gasteiger partial charge in [0.05, 0.1) is 5.56 Å². The highest BCUT2D eigenvalue weighted by atomic mass is 19.4. The molecule has 0 aromatic carbocycles. The Labute approximate surface area is 92.4 Å². The number of pyridine rings is 1. The second-order valence-corrected chi connectivity index (χ2v) is 3.07. The van der Waals surface area contributed by atoms with E-state index in [-0.39, 0.29) is 6.29 Å². The lowest BCUT2D eigenvalue weighted by Gasteiger charge is -2.14. The normalized spacial score (nSPS) is 11.9. The van der Waals surface area contributed by atoms with Crippen LogP contribution in [-0.2, 0) is 12.7 Å². The zero-order valence-electron chi connectivity index (χ0n) is 8.26. The number of rotatable bonds is 3. The molecular formula is C9H7F5N2O. The van der Waals surface area contributed by atoms with E-state index in [1.165, 1.54) is 0 Å². The van der Waals surface area contributed by atoms with Crippen molar-refractivity contribution in [3.8, 4) is 0 Å². The molecule has 0 unspecified atom stereocenters. The molecule has 1 aromatic rings. The van der Waals surface area contributed by atoms with Crippen LogP contribution in [0.15, 0.2) is 6.20 Å². The molecule has 2 N–H and O–H groups in total. The van der Waals surface area contributed by atoms with Gasteiger partial charge >= 0.3 is 6.18 Å². The van der Waals surface area contributed by atoms with Crippen molar-refractivity contribution in [2.24, 2.45) is 5.73 Å². The molecule has 0 fully saturated rings. The molecule has 0 aliphatic carbocycles. The Kier molecular flexibility index (Phi) is 3.76. The van der Waals surface area contributed by atoms with Crippen molar-refractivity contribution in [2.75, 3.05) is 0 Å². The van der Waals surface area contributed by atoms with E-state index >= 15 is 0 Å².